The third kappa shape index (κ3) is 1.41. The zero-order chi connectivity index (χ0) is 12.1. The Hall–Kier alpha value is -0.830. The van der Waals surface area contributed by atoms with E-state index in [9.17, 15) is 0 Å². The zero-order valence-electron chi connectivity index (χ0n) is 11.1. The molecular weight excluding hydrogens is 198 g/mol. The molecule has 1 aromatic heterocycles. The fourth-order valence-corrected chi connectivity index (χ4v) is 3.04. The van der Waals surface area contributed by atoms with E-state index >= 15 is 0 Å². The van der Waals surface area contributed by atoms with Crippen LogP contribution in [-0.4, -0.2) is 15.3 Å². The Kier molecular flexibility index (Phi) is 2.42. The van der Waals surface area contributed by atoms with Crippen molar-refractivity contribution in [1.29, 1.82) is 0 Å². The van der Waals surface area contributed by atoms with Crippen molar-refractivity contribution in [2.45, 2.75) is 65.0 Å². The van der Waals surface area contributed by atoms with Crippen molar-refractivity contribution >= 4 is 0 Å². The third-order valence-corrected chi connectivity index (χ3v) is 4.14. The number of aryl methyl sites for hydroxylation is 2. The van der Waals surface area contributed by atoms with Gasteiger partial charge in [0.05, 0.1) is 5.69 Å². The van der Waals surface area contributed by atoms with Crippen LogP contribution in [0.3, 0.4) is 0 Å². The van der Waals surface area contributed by atoms with Crippen molar-refractivity contribution in [3.63, 3.8) is 0 Å². The normalized spacial score (nSPS) is 18.9. The summed E-state index contributed by atoms with van der Waals surface area (Å²) in [6.07, 6.45) is 2.40. The molecule has 0 bridgehead atoms. The van der Waals surface area contributed by atoms with Gasteiger partial charge in [0.2, 0.25) is 0 Å². The summed E-state index contributed by atoms with van der Waals surface area (Å²) in [7, 11) is 0. The average molecular weight is 221 g/mol. The summed E-state index contributed by atoms with van der Waals surface area (Å²) in [6.45, 7) is 11.6. The highest BCUT2D eigenvalue weighted by molar-refractivity contribution is 5.42. The summed E-state index contributed by atoms with van der Waals surface area (Å²) in [6, 6.07) is 0. The van der Waals surface area contributed by atoms with Crippen molar-refractivity contribution < 1.29 is 0 Å². The molecule has 1 saturated carbocycles. The Labute approximate surface area is 98.0 Å². The van der Waals surface area contributed by atoms with Gasteiger partial charge in [-0.25, -0.2) is 0 Å². The van der Waals surface area contributed by atoms with E-state index in [0.717, 1.165) is 12.2 Å². The second-order valence-corrected chi connectivity index (χ2v) is 5.67. The van der Waals surface area contributed by atoms with E-state index in [-0.39, 0.29) is 11.0 Å². The number of nitrogens with two attached hydrogens (primary N) is 1. The smallest absolute Gasteiger partial charge is 0.0634 e. The SMILES string of the molecule is CCn1nc(C)c(C2(C(C)(C)N)CC2)c1C. The fraction of sp³-hybridized carbons (Fsp3) is 0.769. The lowest BCUT2D eigenvalue weighted by molar-refractivity contribution is 0.388. The first kappa shape index (κ1) is 11.6. The van der Waals surface area contributed by atoms with Crippen LogP contribution >= 0.6 is 0 Å². The van der Waals surface area contributed by atoms with Gasteiger partial charge in [-0.2, -0.15) is 5.10 Å². The van der Waals surface area contributed by atoms with Crippen LogP contribution in [0.1, 0.15) is 50.6 Å². The molecule has 0 aromatic carbocycles. The van der Waals surface area contributed by atoms with E-state index in [1.165, 1.54) is 24.1 Å². The van der Waals surface area contributed by atoms with Crippen molar-refractivity contribution in [1.82, 2.24) is 9.78 Å². The molecule has 2 N–H and O–H groups in total. The minimum absolute atomic E-state index is 0.149. The molecular formula is C13H23N3. The summed E-state index contributed by atoms with van der Waals surface area (Å²) in [4.78, 5) is 0. The number of hydrogen-bond acceptors (Lipinski definition) is 2. The van der Waals surface area contributed by atoms with Gasteiger partial charge in [-0.05, 0) is 47.5 Å². The molecule has 0 aliphatic heterocycles. The minimum Gasteiger partial charge on any atom is -0.325 e. The predicted octanol–water partition coefficient (Wildman–Crippen LogP) is 2.29. The fourth-order valence-electron chi connectivity index (χ4n) is 3.04. The van der Waals surface area contributed by atoms with E-state index in [4.69, 9.17) is 5.73 Å². The van der Waals surface area contributed by atoms with Gasteiger partial charge < -0.3 is 5.73 Å². The van der Waals surface area contributed by atoms with Crippen LogP contribution in [0, 0.1) is 13.8 Å². The molecule has 1 heterocycles. The van der Waals surface area contributed by atoms with Crippen LogP contribution in [0.4, 0.5) is 0 Å². The van der Waals surface area contributed by atoms with E-state index in [1.807, 2.05) is 0 Å². The Morgan fingerprint density at radius 1 is 1.38 bits per heavy atom. The molecule has 16 heavy (non-hydrogen) atoms. The van der Waals surface area contributed by atoms with Gasteiger partial charge in [-0.15, -0.1) is 0 Å². The first-order valence-electron chi connectivity index (χ1n) is 6.17. The Bertz CT molecular complexity index is 406. The molecule has 1 aliphatic rings. The second kappa shape index (κ2) is 3.33. The summed E-state index contributed by atoms with van der Waals surface area (Å²) >= 11 is 0. The number of rotatable bonds is 3. The van der Waals surface area contributed by atoms with E-state index < -0.39 is 0 Å². The van der Waals surface area contributed by atoms with E-state index in [1.54, 1.807) is 0 Å². The molecule has 0 atom stereocenters. The topological polar surface area (TPSA) is 43.8 Å². The van der Waals surface area contributed by atoms with Crippen molar-refractivity contribution in [2.24, 2.45) is 5.73 Å². The minimum atomic E-state index is -0.149. The van der Waals surface area contributed by atoms with Crippen molar-refractivity contribution in [3.05, 3.63) is 17.0 Å². The third-order valence-electron chi connectivity index (χ3n) is 4.14. The molecule has 0 spiro atoms. The van der Waals surface area contributed by atoms with Crippen LogP contribution in [0.2, 0.25) is 0 Å². The van der Waals surface area contributed by atoms with Crippen molar-refractivity contribution in [3.8, 4) is 0 Å². The average Bonchev–Trinajstić information content (AvgIpc) is 2.90. The molecule has 1 fully saturated rings. The van der Waals surface area contributed by atoms with Gasteiger partial charge in [0, 0.05) is 28.8 Å². The van der Waals surface area contributed by atoms with Crippen LogP contribution in [0.5, 0.6) is 0 Å². The zero-order valence-corrected chi connectivity index (χ0v) is 11.1. The number of hydrogen-bond donors (Lipinski definition) is 1. The largest absolute Gasteiger partial charge is 0.325 e. The van der Waals surface area contributed by atoms with Gasteiger partial charge in [0.1, 0.15) is 0 Å². The first-order valence-corrected chi connectivity index (χ1v) is 6.17. The summed E-state index contributed by atoms with van der Waals surface area (Å²) < 4.78 is 2.09. The maximum absolute atomic E-state index is 6.36. The van der Waals surface area contributed by atoms with Gasteiger partial charge >= 0.3 is 0 Å². The molecule has 1 aliphatic carbocycles. The second-order valence-electron chi connectivity index (χ2n) is 5.67. The molecule has 90 valence electrons. The maximum Gasteiger partial charge on any atom is 0.0634 e. The van der Waals surface area contributed by atoms with Gasteiger partial charge in [-0.1, -0.05) is 0 Å². The molecule has 0 amide bonds. The lowest BCUT2D eigenvalue weighted by atomic mass is 9.78. The lowest BCUT2D eigenvalue weighted by Crippen LogP contribution is -2.45. The molecule has 3 nitrogen and oxygen atoms in total. The summed E-state index contributed by atoms with van der Waals surface area (Å²) in [5.41, 5.74) is 10.3. The molecule has 2 rings (SSSR count). The molecule has 1 aromatic rings. The van der Waals surface area contributed by atoms with Crippen molar-refractivity contribution in [2.75, 3.05) is 0 Å². The highest BCUT2D eigenvalue weighted by Crippen LogP contribution is 2.56. The van der Waals surface area contributed by atoms with Gasteiger partial charge in [-0.3, -0.25) is 4.68 Å². The van der Waals surface area contributed by atoms with Crippen LogP contribution in [0.25, 0.3) is 0 Å². The van der Waals surface area contributed by atoms with E-state index in [0.29, 0.717) is 0 Å². The lowest BCUT2D eigenvalue weighted by Gasteiger charge is -2.31. The Morgan fingerprint density at radius 3 is 2.25 bits per heavy atom. The van der Waals surface area contributed by atoms with Crippen LogP contribution < -0.4 is 5.73 Å². The predicted molar refractivity (Wildman–Crippen MR) is 66.6 cm³/mol. The summed E-state index contributed by atoms with van der Waals surface area (Å²) in [5, 5.41) is 4.61. The van der Waals surface area contributed by atoms with E-state index in [2.05, 4.69) is 44.4 Å². The molecule has 0 radical (unpaired) electrons. The highest BCUT2D eigenvalue weighted by Gasteiger charge is 2.55. The highest BCUT2D eigenvalue weighted by atomic mass is 15.3. The Balaban J connectivity index is 2.53. The quantitative estimate of drug-likeness (QED) is 0.851. The Morgan fingerprint density at radius 2 is 1.94 bits per heavy atom. The first-order chi connectivity index (χ1) is 7.33. The van der Waals surface area contributed by atoms with Crippen LogP contribution in [-0.2, 0) is 12.0 Å². The molecule has 0 unspecified atom stereocenters. The molecule has 3 heteroatoms. The van der Waals surface area contributed by atoms with Crippen LogP contribution in [0.15, 0.2) is 0 Å². The monoisotopic (exact) mass is 221 g/mol. The number of aromatic nitrogens is 2. The van der Waals surface area contributed by atoms with Gasteiger partial charge in [0.25, 0.3) is 0 Å². The maximum atomic E-state index is 6.36. The standard InChI is InChI=1S/C13H23N3/c1-6-16-10(3)11(9(2)15-16)13(7-8-13)12(4,5)14/h6-8,14H2,1-5H3. The van der Waals surface area contributed by atoms with Gasteiger partial charge in [0.15, 0.2) is 0 Å². The summed E-state index contributed by atoms with van der Waals surface area (Å²) in [5.74, 6) is 0. The molecule has 0 saturated heterocycles. The number of nitrogens with zero attached hydrogens (tertiary/aromatic N) is 2.